The lowest BCUT2D eigenvalue weighted by molar-refractivity contribution is -0.136. The predicted octanol–water partition coefficient (Wildman–Crippen LogP) is 3.49. The van der Waals surface area contributed by atoms with Crippen LogP contribution in [0.15, 0.2) is 42.5 Å². The maximum absolute atomic E-state index is 14.3. The quantitative estimate of drug-likeness (QED) is 0.325. The molecule has 0 spiro atoms. The molecule has 15 nitrogen and oxygen atoms in total. The Kier molecular flexibility index (Phi) is 9.44. The number of fused-ring (bicyclic) bond motifs is 4. The molecule has 0 radical (unpaired) electrons. The van der Waals surface area contributed by atoms with Crippen molar-refractivity contribution in [3.63, 3.8) is 0 Å². The van der Waals surface area contributed by atoms with Crippen LogP contribution in [0.3, 0.4) is 0 Å². The highest BCUT2D eigenvalue weighted by Crippen LogP contribution is 2.41. The van der Waals surface area contributed by atoms with E-state index >= 15 is 0 Å². The number of nitrogens with one attached hydrogen (secondary N) is 2. The maximum atomic E-state index is 14.3. The molecule has 306 valence electrons. The Bertz CT molecular complexity index is 2180. The maximum Gasteiger partial charge on any atom is 0.320 e. The molecule has 5 amide bonds. The molecule has 6 aliphatic heterocycles. The first-order valence-electron chi connectivity index (χ1n) is 20.5. The number of phenolic OH excluding ortho intramolecular Hbond substituents is 1. The number of halogens is 1. The molecule has 4 saturated heterocycles. The molecule has 2 aromatic carbocycles. The fourth-order valence-electron chi connectivity index (χ4n) is 10.0. The van der Waals surface area contributed by atoms with Crippen molar-refractivity contribution in [1.29, 1.82) is 0 Å². The van der Waals surface area contributed by atoms with Crippen molar-refractivity contribution in [2.24, 2.45) is 5.92 Å². The number of hydrogen-bond donors (Lipinski definition) is 3. The normalized spacial score (nSPS) is 24.9. The summed E-state index contributed by atoms with van der Waals surface area (Å²) in [6.45, 7) is 14.1. The Balaban J connectivity index is 0.783. The molecule has 6 aliphatic rings. The third kappa shape index (κ3) is 6.74. The molecule has 7 heterocycles. The van der Waals surface area contributed by atoms with E-state index in [-0.39, 0.29) is 35.4 Å². The topological polar surface area (TPSA) is 158 Å². The number of anilines is 3. The number of phenols is 1. The van der Waals surface area contributed by atoms with Crippen LogP contribution in [0.1, 0.15) is 62.4 Å². The fourth-order valence-corrected chi connectivity index (χ4v) is 10.0. The number of rotatable bonds is 5. The van der Waals surface area contributed by atoms with Gasteiger partial charge in [0.05, 0.1) is 22.5 Å². The first kappa shape index (κ1) is 38.0. The zero-order chi connectivity index (χ0) is 40.5. The van der Waals surface area contributed by atoms with Crippen molar-refractivity contribution in [3.05, 3.63) is 59.4 Å². The Morgan fingerprint density at radius 1 is 0.931 bits per heavy atom. The van der Waals surface area contributed by atoms with E-state index in [9.17, 15) is 28.7 Å². The number of aromatic nitrogens is 2. The van der Waals surface area contributed by atoms with Gasteiger partial charge in [-0.2, -0.15) is 0 Å². The van der Waals surface area contributed by atoms with Crippen molar-refractivity contribution >= 4 is 40.9 Å². The molecular formula is C42H51FN10O5. The number of para-hydroxylation sites is 1. The van der Waals surface area contributed by atoms with Gasteiger partial charge in [-0.25, -0.2) is 9.18 Å². The Morgan fingerprint density at radius 3 is 2.52 bits per heavy atom. The summed E-state index contributed by atoms with van der Waals surface area (Å²) in [6, 6.07) is 11.7. The van der Waals surface area contributed by atoms with Gasteiger partial charge in [-0.05, 0) is 81.8 Å². The van der Waals surface area contributed by atoms with Crippen LogP contribution in [0, 0.1) is 11.7 Å². The van der Waals surface area contributed by atoms with Gasteiger partial charge >= 0.3 is 6.03 Å². The molecule has 1 aromatic heterocycles. The first-order valence-corrected chi connectivity index (χ1v) is 20.5. The molecule has 0 unspecified atom stereocenters. The Labute approximate surface area is 337 Å². The molecular weight excluding hydrogens is 744 g/mol. The largest absolute Gasteiger partial charge is 0.504 e. The summed E-state index contributed by atoms with van der Waals surface area (Å²) in [5.41, 5.74) is 3.27. The third-order valence-electron chi connectivity index (χ3n) is 13.2. The highest BCUT2D eigenvalue weighted by molar-refractivity contribution is 6.05. The lowest BCUT2D eigenvalue weighted by Crippen LogP contribution is -2.70. The molecule has 0 saturated carbocycles. The number of nitrogens with zero attached hydrogens (tertiary/aromatic N) is 8. The average molecular weight is 795 g/mol. The number of carbonyl (C=O) groups is 4. The fraction of sp³-hybridized carbons (Fsp3) is 0.524. The SMILES string of the molecule is CC1(C)CN(CC2CCN(c3ccc4c(c3)C(=O)N([C@H]3CCC(=O)NC3=O)C4)CC2)CCN1C(=O)N1CCN2c3cc(-c4cccc(F)c4O)nnc3NC[C@]2(C)C1. The zero-order valence-electron chi connectivity index (χ0n) is 33.3. The van der Waals surface area contributed by atoms with Gasteiger partial charge in [0.15, 0.2) is 17.4 Å². The molecule has 9 rings (SSSR count). The minimum Gasteiger partial charge on any atom is -0.504 e. The Morgan fingerprint density at radius 2 is 1.74 bits per heavy atom. The second kappa shape index (κ2) is 14.4. The van der Waals surface area contributed by atoms with E-state index in [1.807, 2.05) is 28.0 Å². The van der Waals surface area contributed by atoms with Crippen molar-refractivity contribution in [2.75, 3.05) is 80.6 Å². The van der Waals surface area contributed by atoms with Crippen molar-refractivity contribution < 1.29 is 28.7 Å². The van der Waals surface area contributed by atoms with Gasteiger partial charge in [-0.15, -0.1) is 10.2 Å². The molecule has 3 aromatic rings. The standard InChI is InChI=1S/C42H51FN10O5/c1-41(2)24-48(21-26-11-13-49(14-12-26)28-8-7-27-22-51(39(57)30(27)19-28)33-9-10-35(54)45-38(33)56)15-17-53(41)40(58)50-16-18-52-34-20-32(29-5-4-6-31(43)36(29)55)46-47-37(34)44-23-42(52,3)25-50/h4-8,19-20,26,33,55H,9-18,21-25H2,1-3H3,(H,44,47)(H,45,54,56)/t33-,42+/m0/s1. The minimum absolute atomic E-state index is 0.0518. The van der Waals surface area contributed by atoms with Crippen LogP contribution >= 0.6 is 0 Å². The third-order valence-corrected chi connectivity index (χ3v) is 13.2. The van der Waals surface area contributed by atoms with E-state index in [0.29, 0.717) is 68.7 Å². The number of aromatic hydroxyl groups is 1. The second-order valence-corrected chi connectivity index (χ2v) is 17.7. The van der Waals surface area contributed by atoms with Gasteiger partial charge in [-0.3, -0.25) is 24.6 Å². The van der Waals surface area contributed by atoms with Crippen molar-refractivity contribution in [1.82, 2.24) is 35.1 Å². The zero-order valence-corrected chi connectivity index (χ0v) is 33.3. The summed E-state index contributed by atoms with van der Waals surface area (Å²) >= 11 is 0. The molecule has 2 atom stereocenters. The summed E-state index contributed by atoms with van der Waals surface area (Å²) in [6.07, 6.45) is 2.65. The smallest absolute Gasteiger partial charge is 0.320 e. The molecule has 0 aliphatic carbocycles. The number of hydrogen-bond acceptors (Lipinski definition) is 11. The van der Waals surface area contributed by atoms with Gasteiger partial charge < -0.3 is 34.9 Å². The van der Waals surface area contributed by atoms with E-state index in [1.165, 1.54) is 12.1 Å². The van der Waals surface area contributed by atoms with E-state index in [2.05, 4.69) is 62.4 Å². The molecule has 3 N–H and O–H groups in total. The summed E-state index contributed by atoms with van der Waals surface area (Å²) in [5.74, 6) is -0.853. The predicted molar refractivity (Wildman–Crippen MR) is 215 cm³/mol. The first-order chi connectivity index (χ1) is 27.8. The van der Waals surface area contributed by atoms with Crippen LogP contribution in [-0.2, 0) is 16.1 Å². The molecule has 58 heavy (non-hydrogen) atoms. The van der Waals surface area contributed by atoms with Crippen molar-refractivity contribution in [3.8, 4) is 17.0 Å². The minimum atomic E-state index is -0.715. The van der Waals surface area contributed by atoms with E-state index in [4.69, 9.17) is 0 Å². The number of piperazine rings is 2. The van der Waals surface area contributed by atoms with Gasteiger partial charge in [0.2, 0.25) is 11.8 Å². The summed E-state index contributed by atoms with van der Waals surface area (Å²) < 4.78 is 14.2. The second-order valence-electron chi connectivity index (χ2n) is 17.7. The van der Waals surface area contributed by atoms with Crippen LogP contribution in [0.2, 0.25) is 0 Å². The average Bonchev–Trinajstić information content (AvgIpc) is 3.52. The number of piperidine rings is 2. The van der Waals surface area contributed by atoms with E-state index in [0.717, 1.165) is 62.5 Å². The van der Waals surface area contributed by atoms with Gasteiger partial charge in [0.25, 0.3) is 5.91 Å². The number of carbonyl (C=O) groups excluding carboxylic acids is 4. The monoisotopic (exact) mass is 794 g/mol. The van der Waals surface area contributed by atoms with Gasteiger partial charge in [0.1, 0.15) is 6.04 Å². The number of amides is 5. The summed E-state index contributed by atoms with van der Waals surface area (Å²) in [5, 5.41) is 24.8. The van der Waals surface area contributed by atoms with E-state index < -0.39 is 29.1 Å². The summed E-state index contributed by atoms with van der Waals surface area (Å²) in [4.78, 5) is 64.6. The highest BCUT2D eigenvalue weighted by atomic mass is 19.1. The van der Waals surface area contributed by atoms with Gasteiger partial charge in [-0.1, -0.05) is 12.1 Å². The number of benzene rings is 2. The van der Waals surface area contributed by atoms with Crippen LogP contribution in [0.4, 0.5) is 26.4 Å². The molecule has 4 fully saturated rings. The highest BCUT2D eigenvalue weighted by Gasteiger charge is 2.47. The van der Waals surface area contributed by atoms with Crippen LogP contribution < -0.4 is 20.4 Å². The van der Waals surface area contributed by atoms with E-state index in [1.54, 1.807) is 11.0 Å². The number of urea groups is 1. The van der Waals surface area contributed by atoms with Crippen LogP contribution in [0.5, 0.6) is 5.75 Å². The van der Waals surface area contributed by atoms with Crippen molar-refractivity contribution in [2.45, 2.75) is 70.1 Å². The lowest BCUT2D eigenvalue weighted by atomic mass is 9.92. The Hall–Kier alpha value is -5.51. The summed E-state index contributed by atoms with van der Waals surface area (Å²) in [7, 11) is 0. The lowest BCUT2D eigenvalue weighted by Gasteiger charge is -2.55. The molecule has 0 bridgehead atoms. The van der Waals surface area contributed by atoms with Gasteiger partial charge in [0, 0.05) is 95.2 Å². The van der Waals surface area contributed by atoms with Crippen LogP contribution in [0.25, 0.3) is 11.3 Å². The number of imide groups is 1. The molecule has 16 heteroatoms. The van der Waals surface area contributed by atoms with Crippen LogP contribution in [-0.4, -0.2) is 141 Å².